The summed E-state index contributed by atoms with van der Waals surface area (Å²) >= 11 is 0. The van der Waals surface area contributed by atoms with Crippen LogP contribution in [-0.2, 0) is 11.2 Å². The fourth-order valence-corrected chi connectivity index (χ4v) is 6.68. The van der Waals surface area contributed by atoms with Crippen LogP contribution in [0.4, 0.5) is 10.1 Å². The van der Waals surface area contributed by atoms with Crippen LogP contribution in [0.1, 0.15) is 52.9 Å². The van der Waals surface area contributed by atoms with Gasteiger partial charge in [-0.15, -0.1) is 0 Å². The average Bonchev–Trinajstić information content (AvgIpc) is 3.70. The van der Waals surface area contributed by atoms with E-state index in [1.54, 1.807) is 13.0 Å². The summed E-state index contributed by atoms with van der Waals surface area (Å²) in [5.41, 5.74) is 6.91. The molecule has 0 unspecified atom stereocenters. The van der Waals surface area contributed by atoms with Crippen molar-refractivity contribution in [3.8, 4) is 17.2 Å². The highest BCUT2D eigenvalue weighted by atomic mass is 19.1. The number of anilines is 1. The van der Waals surface area contributed by atoms with Gasteiger partial charge in [-0.25, -0.2) is 4.39 Å². The molecular weight excluding hydrogens is 567 g/mol. The predicted molar refractivity (Wildman–Crippen MR) is 174 cm³/mol. The Morgan fingerprint density at radius 2 is 1.87 bits per heavy atom. The molecule has 8 nitrogen and oxygen atoms in total. The fraction of sp³-hybridized carbons (Fsp3) is 0.361. The van der Waals surface area contributed by atoms with E-state index in [2.05, 4.69) is 39.8 Å². The number of hydrogen-bond acceptors (Lipinski definition) is 5. The van der Waals surface area contributed by atoms with Crippen LogP contribution in [0, 0.1) is 24.1 Å². The number of benzene rings is 2. The van der Waals surface area contributed by atoms with E-state index in [0.29, 0.717) is 43.9 Å². The van der Waals surface area contributed by atoms with Crippen LogP contribution in [-0.4, -0.2) is 66.4 Å². The number of amides is 2. The Kier molecular flexibility index (Phi) is 9.13. The van der Waals surface area contributed by atoms with Gasteiger partial charge < -0.3 is 24.8 Å². The molecule has 2 aliphatic rings. The fourth-order valence-electron chi connectivity index (χ4n) is 6.68. The maximum absolute atomic E-state index is 14.8. The number of pyridine rings is 1. The van der Waals surface area contributed by atoms with Crippen LogP contribution in [0.15, 0.2) is 66.9 Å². The van der Waals surface area contributed by atoms with E-state index in [9.17, 15) is 14.0 Å². The molecule has 0 spiro atoms. The van der Waals surface area contributed by atoms with E-state index >= 15 is 0 Å². The molecule has 232 valence electrons. The lowest BCUT2D eigenvalue weighted by Gasteiger charge is -2.33. The maximum atomic E-state index is 14.8. The van der Waals surface area contributed by atoms with E-state index < -0.39 is 0 Å². The largest absolute Gasteiger partial charge is 0.371 e. The van der Waals surface area contributed by atoms with Crippen molar-refractivity contribution >= 4 is 23.0 Å². The van der Waals surface area contributed by atoms with Crippen molar-refractivity contribution in [2.24, 2.45) is 0 Å². The van der Waals surface area contributed by atoms with Gasteiger partial charge >= 0.3 is 0 Å². The van der Waals surface area contributed by atoms with Gasteiger partial charge in [-0.1, -0.05) is 42.5 Å². The normalized spacial score (nSPS) is 16.6. The molecule has 2 saturated heterocycles. The van der Waals surface area contributed by atoms with Gasteiger partial charge in [-0.05, 0) is 60.2 Å². The number of nitrogens with one attached hydrogen (secondary N) is 2. The highest BCUT2D eigenvalue weighted by Gasteiger charge is 2.32. The van der Waals surface area contributed by atoms with Crippen molar-refractivity contribution in [3.05, 3.63) is 95.1 Å². The summed E-state index contributed by atoms with van der Waals surface area (Å²) in [6.45, 7) is 5.56. The first-order valence-corrected chi connectivity index (χ1v) is 15.8. The second-order valence-corrected chi connectivity index (χ2v) is 12.0. The van der Waals surface area contributed by atoms with E-state index in [-0.39, 0.29) is 36.5 Å². The summed E-state index contributed by atoms with van der Waals surface area (Å²) in [5.74, 6) is -0.519. The molecule has 0 saturated carbocycles. The minimum Gasteiger partial charge on any atom is -0.371 e. The van der Waals surface area contributed by atoms with Gasteiger partial charge in [0.15, 0.2) is 0 Å². The molecule has 2 aliphatic heterocycles. The van der Waals surface area contributed by atoms with Crippen LogP contribution < -0.4 is 15.5 Å². The summed E-state index contributed by atoms with van der Waals surface area (Å²) < 4.78 is 16.8. The van der Waals surface area contributed by atoms with Crippen LogP contribution in [0.5, 0.6) is 0 Å². The average molecular weight is 607 g/mol. The van der Waals surface area contributed by atoms with Gasteiger partial charge in [-0.2, -0.15) is 5.26 Å². The van der Waals surface area contributed by atoms with E-state index in [1.165, 1.54) is 6.07 Å². The number of carbonyl (C=O) groups is 2. The molecule has 4 aromatic rings. The number of fused-ring (bicyclic) bond motifs is 1. The minimum absolute atomic E-state index is 0.110. The first-order chi connectivity index (χ1) is 21.9. The second kappa shape index (κ2) is 13.5. The number of halogens is 1. The van der Waals surface area contributed by atoms with Gasteiger partial charge in [0.05, 0.1) is 18.0 Å². The zero-order valence-corrected chi connectivity index (χ0v) is 25.7. The first-order valence-electron chi connectivity index (χ1n) is 15.8. The molecule has 2 aromatic carbocycles. The van der Waals surface area contributed by atoms with E-state index in [1.807, 2.05) is 45.8 Å². The number of rotatable bonds is 9. The summed E-state index contributed by atoms with van der Waals surface area (Å²) in [5, 5.41) is 14.9. The molecular formula is C36H39FN6O2. The van der Waals surface area contributed by atoms with Crippen LogP contribution >= 0.6 is 0 Å². The smallest absolute Gasteiger partial charge is 0.271 e. The molecule has 0 bridgehead atoms. The van der Waals surface area contributed by atoms with Gasteiger partial charge in [0.2, 0.25) is 5.91 Å². The molecule has 0 aliphatic carbocycles. The Hall–Kier alpha value is -4.68. The summed E-state index contributed by atoms with van der Waals surface area (Å²) in [4.78, 5) is 31.4. The number of nitrogens with zero attached hydrogens (tertiary/aromatic N) is 4. The molecule has 2 amide bonds. The number of piperazine rings is 1. The Morgan fingerprint density at radius 3 is 2.64 bits per heavy atom. The van der Waals surface area contributed by atoms with Crippen molar-refractivity contribution in [2.75, 3.05) is 44.2 Å². The van der Waals surface area contributed by atoms with Gasteiger partial charge in [0, 0.05) is 75.6 Å². The lowest BCUT2D eigenvalue weighted by Crippen LogP contribution is -2.54. The van der Waals surface area contributed by atoms with Crippen LogP contribution in [0.3, 0.4) is 0 Å². The molecule has 9 heteroatoms. The summed E-state index contributed by atoms with van der Waals surface area (Å²) in [6.07, 6.45) is 5.19. The van der Waals surface area contributed by atoms with Crippen LogP contribution in [0.2, 0.25) is 0 Å². The maximum Gasteiger partial charge on any atom is 0.271 e. The lowest BCUT2D eigenvalue weighted by molar-refractivity contribution is -0.121. The van der Waals surface area contributed by atoms with Crippen molar-refractivity contribution in [1.82, 2.24) is 19.9 Å². The predicted octanol–water partition coefficient (Wildman–Crippen LogP) is 5.08. The number of carbonyl (C=O) groups excluding carboxylic acids is 2. The Morgan fingerprint density at radius 1 is 1.07 bits per heavy atom. The van der Waals surface area contributed by atoms with Gasteiger partial charge in [-0.3, -0.25) is 9.59 Å². The third-order valence-corrected chi connectivity index (χ3v) is 9.04. The molecule has 2 fully saturated rings. The van der Waals surface area contributed by atoms with Crippen LogP contribution in [0.25, 0.3) is 16.6 Å². The van der Waals surface area contributed by atoms with Crippen molar-refractivity contribution in [1.29, 1.82) is 5.26 Å². The van der Waals surface area contributed by atoms with Gasteiger partial charge in [0.1, 0.15) is 11.5 Å². The SMILES string of the molecule is Cc1c(F)cccc1Cc1c(-c2ccccc2)c2cc(N3CCCC3)ccn2c1C(=O)N1CCN[C@@H](CC(=O)NCCC#N)C1. The topological polar surface area (TPSA) is 92.9 Å². The molecule has 2 aromatic heterocycles. The molecule has 6 rings (SSSR count). The second-order valence-electron chi connectivity index (χ2n) is 12.0. The highest BCUT2D eigenvalue weighted by molar-refractivity contribution is 6.02. The zero-order valence-electron chi connectivity index (χ0n) is 25.7. The molecule has 1 atom stereocenters. The Bertz CT molecular complexity index is 1740. The minimum atomic E-state index is -0.264. The van der Waals surface area contributed by atoms with Crippen molar-refractivity contribution in [3.63, 3.8) is 0 Å². The van der Waals surface area contributed by atoms with Crippen molar-refractivity contribution < 1.29 is 14.0 Å². The standard InChI is InChI=1S/C36H39FN6O2/c1-25-27(11-7-12-31(25)37)21-30-34(26-9-3-2-4-10-26)32-23-29(41-17-5-6-18-41)13-19-43(32)35(30)36(45)42-20-16-39-28(24-42)22-33(44)40-15-8-14-38/h2-4,7,9-13,19,23,28,39H,5-6,8,15-18,20-22,24H2,1H3,(H,40,44)/t28-/m0/s1. The first kappa shape index (κ1) is 30.4. The molecule has 0 radical (unpaired) electrons. The number of nitriles is 1. The lowest BCUT2D eigenvalue weighted by atomic mass is 9.93. The zero-order chi connectivity index (χ0) is 31.3. The number of hydrogen-bond donors (Lipinski definition) is 2. The van der Waals surface area contributed by atoms with E-state index in [0.717, 1.165) is 59.4 Å². The van der Waals surface area contributed by atoms with Gasteiger partial charge in [0.25, 0.3) is 5.91 Å². The highest BCUT2D eigenvalue weighted by Crippen LogP contribution is 2.38. The molecule has 2 N–H and O–H groups in total. The molecule has 4 heterocycles. The number of aromatic nitrogens is 1. The third kappa shape index (κ3) is 6.43. The summed E-state index contributed by atoms with van der Waals surface area (Å²) in [6, 6.07) is 21.4. The monoisotopic (exact) mass is 606 g/mol. The van der Waals surface area contributed by atoms with Crippen molar-refractivity contribution in [2.45, 2.75) is 45.1 Å². The molecule has 45 heavy (non-hydrogen) atoms. The van der Waals surface area contributed by atoms with E-state index in [4.69, 9.17) is 5.26 Å². The summed E-state index contributed by atoms with van der Waals surface area (Å²) in [7, 11) is 0. The Balaban J connectivity index is 1.45. The quantitative estimate of drug-likeness (QED) is 0.260. The Labute approximate surface area is 263 Å². The third-order valence-electron chi connectivity index (χ3n) is 9.04.